The van der Waals surface area contributed by atoms with Gasteiger partial charge < -0.3 is 0 Å². The third kappa shape index (κ3) is 2.24. The summed E-state index contributed by atoms with van der Waals surface area (Å²) in [4.78, 5) is 4.83. The van der Waals surface area contributed by atoms with Crippen molar-refractivity contribution in [2.45, 2.75) is 19.8 Å². The monoisotopic (exact) mass is 164 g/mol. The topological polar surface area (TPSA) is 21.3 Å². The van der Waals surface area contributed by atoms with Gasteiger partial charge in [0.1, 0.15) is 0 Å². The summed E-state index contributed by atoms with van der Waals surface area (Å²) in [7, 11) is 1.61. The average molecular weight is 164 g/mol. The maximum Gasteiger partial charge on any atom is 0.0715 e. The Bertz CT molecular complexity index is 210. The number of hydrogen-bond acceptors (Lipinski definition) is 2. The van der Waals surface area contributed by atoms with Crippen molar-refractivity contribution in [3.8, 4) is 0 Å². The Morgan fingerprint density at radius 1 is 1.58 bits per heavy atom. The second-order valence-electron chi connectivity index (χ2n) is 2.63. The number of aryl methyl sites for hydroxylation is 1. The van der Waals surface area contributed by atoms with Crippen molar-refractivity contribution in [2.24, 2.45) is 0 Å². The number of para-hydroxylation sites is 1. The lowest BCUT2D eigenvalue weighted by Gasteiger charge is -2.07. The Balaban J connectivity index is 2.77. The Morgan fingerprint density at radius 2 is 2.42 bits per heavy atom. The number of rotatable bonds is 4. The summed E-state index contributed by atoms with van der Waals surface area (Å²) in [6.45, 7) is 2.16. The van der Waals surface area contributed by atoms with Gasteiger partial charge in [0.15, 0.2) is 0 Å². The number of benzene rings is 1. The first-order valence-corrected chi connectivity index (χ1v) is 4.17. The molecular formula is C10H14NO. The SMILES string of the molecule is CCCc1ccc[c]c1NOC. The lowest BCUT2D eigenvalue weighted by molar-refractivity contribution is 0.270. The van der Waals surface area contributed by atoms with Gasteiger partial charge in [-0.05, 0) is 12.0 Å². The van der Waals surface area contributed by atoms with E-state index in [2.05, 4.69) is 24.5 Å². The predicted molar refractivity (Wildman–Crippen MR) is 49.9 cm³/mol. The van der Waals surface area contributed by atoms with Crippen LogP contribution in [0.15, 0.2) is 18.2 Å². The van der Waals surface area contributed by atoms with E-state index in [0.29, 0.717) is 0 Å². The van der Waals surface area contributed by atoms with Crippen molar-refractivity contribution in [1.82, 2.24) is 0 Å². The van der Waals surface area contributed by atoms with Crippen LogP contribution in [0.4, 0.5) is 5.69 Å². The second-order valence-corrected chi connectivity index (χ2v) is 2.63. The molecule has 12 heavy (non-hydrogen) atoms. The van der Waals surface area contributed by atoms with Crippen LogP contribution in [-0.2, 0) is 11.3 Å². The summed E-state index contributed by atoms with van der Waals surface area (Å²) in [6.07, 6.45) is 2.19. The molecule has 0 fully saturated rings. The van der Waals surface area contributed by atoms with E-state index >= 15 is 0 Å². The van der Waals surface area contributed by atoms with Gasteiger partial charge in [0, 0.05) is 6.07 Å². The lowest BCUT2D eigenvalue weighted by atomic mass is 10.1. The highest BCUT2D eigenvalue weighted by Crippen LogP contribution is 2.15. The number of nitrogens with one attached hydrogen (secondary N) is 1. The van der Waals surface area contributed by atoms with E-state index in [1.165, 1.54) is 5.56 Å². The summed E-state index contributed by atoms with van der Waals surface area (Å²) in [5, 5.41) is 0. The Morgan fingerprint density at radius 3 is 3.08 bits per heavy atom. The molecule has 0 heterocycles. The van der Waals surface area contributed by atoms with Crippen molar-refractivity contribution in [3.05, 3.63) is 29.8 Å². The first-order chi connectivity index (χ1) is 5.88. The molecule has 0 saturated carbocycles. The molecule has 0 atom stereocenters. The molecule has 1 radical (unpaired) electrons. The lowest BCUT2D eigenvalue weighted by Crippen LogP contribution is -1.99. The normalized spacial score (nSPS) is 9.83. The molecule has 1 rings (SSSR count). The van der Waals surface area contributed by atoms with E-state index in [9.17, 15) is 0 Å². The quantitative estimate of drug-likeness (QED) is 0.690. The highest BCUT2D eigenvalue weighted by atomic mass is 16.6. The molecule has 0 aromatic heterocycles. The third-order valence-corrected chi connectivity index (χ3v) is 1.67. The van der Waals surface area contributed by atoms with Gasteiger partial charge in [-0.15, -0.1) is 0 Å². The van der Waals surface area contributed by atoms with Crippen LogP contribution in [0.1, 0.15) is 18.9 Å². The molecule has 0 saturated heterocycles. The van der Waals surface area contributed by atoms with Crippen molar-refractivity contribution < 1.29 is 4.84 Å². The minimum absolute atomic E-state index is 0.946. The van der Waals surface area contributed by atoms with Gasteiger partial charge in [0.25, 0.3) is 0 Å². The molecule has 65 valence electrons. The zero-order valence-corrected chi connectivity index (χ0v) is 7.55. The van der Waals surface area contributed by atoms with Gasteiger partial charge in [-0.25, -0.2) is 0 Å². The molecule has 1 aromatic carbocycles. The molecule has 1 N–H and O–H groups in total. The fourth-order valence-corrected chi connectivity index (χ4v) is 1.15. The van der Waals surface area contributed by atoms with E-state index in [1.807, 2.05) is 12.1 Å². The van der Waals surface area contributed by atoms with Crippen molar-refractivity contribution >= 4 is 5.69 Å². The molecular weight excluding hydrogens is 150 g/mol. The molecule has 0 aliphatic heterocycles. The Kier molecular flexibility index (Phi) is 3.61. The summed E-state index contributed by atoms with van der Waals surface area (Å²) < 4.78 is 0. The molecule has 0 bridgehead atoms. The Hall–Kier alpha value is -1.02. The molecule has 0 aliphatic rings. The van der Waals surface area contributed by atoms with Crippen molar-refractivity contribution in [2.75, 3.05) is 12.6 Å². The van der Waals surface area contributed by atoms with E-state index < -0.39 is 0 Å². The van der Waals surface area contributed by atoms with Crippen LogP contribution < -0.4 is 5.48 Å². The summed E-state index contributed by atoms with van der Waals surface area (Å²) >= 11 is 0. The van der Waals surface area contributed by atoms with Gasteiger partial charge in [-0.3, -0.25) is 10.3 Å². The van der Waals surface area contributed by atoms with E-state index in [-0.39, 0.29) is 0 Å². The molecule has 0 amide bonds. The maximum absolute atomic E-state index is 4.83. The molecule has 2 heteroatoms. The Labute approximate surface area is 73.5 Å². The van der Waals surface area contributed by atoms with Crippen LogP contribution in [0.3, 0.4) is 0 Å². The van der Waals surface area contributed by atoms with Crippen molar-refractivity contribution in [1.29, 1.82) is 0 Å². The standard InChI is InChI=1S/C10H14NO/c1-3-6-9-7-4-5-8-10(9)11-12-2/h4-5,7,11H,3,6H2,1-2H3. The van der Waals surface area contributed by atoms with Gasteiger partial charge in [-0.1, -0.05) is 31.5 Å². The highest BCUT2D eigenvalue weighted by Gasteiger charge is 1.98. The summed E-state index contributed by atoms with van der Waals surface area (Å²) in [5.41, 5.74) is 5.00. The van der Waals surface area contributed by atoms with Gasteiger partial charge in [-0.2, -0.15) is 0 Å². The zero-order valence-electron chi connectivity index (χ0n) is 7.55. The number of anilines is 1. The van der Waals surface area contributed by atoms with Crippen molar-refractivity contribution in [3.63, 3.8) is 0 Å². The average Bonchev–Trinajstić information content (AvgIpc) is 2.09. The largest absolute Gasteiger partial charge is 0.279 e. The van der Waals surface area contributed by atoms with Crippen LogP contribution in [0.25, 0.3) is 0 Å². The van der Waals surface area contributed by atoms with Crippen LogP contribution in [0.2, 0.25) is 0 Å². The van der Waals surface area contributed by atoms with Crippen LogP contribution in [0, 0.1) is 6.07 Å². The van der Waals surface area contributed by atoms with E-state index in [0.717, 1.165) is 18.5 Å². The molecule has 0 aliphatic carbocycles. The maximum atomic E-state index is 4.83. The molecule has 1 aromatic rings. The molecule has 0 unspecified atom stereocenters. The minimum Gasteiger partial charge on any atom is -0.279 e. The summed E-state index contributed by atoms with van der Waals surface area (Å²) in [6, 6.07) is 9.04. The first kappa shape index (κ1) is 9.07. The van der Waals surface area contributed by atoms with E-state index in [4.69, 9.17) is 4.84 Å². The highest BCUT2D eigenvalue weighted by molar-refractivity contribution is 5.48. The van der Waals surface area contributed by atoms with Crippen LogP contribution in [-0.4, -0.2) is 7.11 Å². The van der Waals surface area contributed by atoms with E-state index in [1.54, 1.807) is 7.11 Å². The predicted octanol–water partition coefficient (Wildman–Crippen LogP) is 2.41. The molecule has 2 nitrogen and oxygen atoms in total. The van der Waals surface area contributed by atoms with Gasteiger partial charge in [0.05, 0.1) is 12.8 Å². The van der Waals surface area contributed by atoms with Gasteiger partial charge in [0.2, 0.25) is 0 Å². The van der Waals surface area contributed by atoms with Crippen LogP contribution in [0.5, 0.6) is 0 Å². The minimum atomic E-state index is 0.946. The smallest absolute Gasteiger partial charge is 0.0715 e. The third-order valence-electron chi connectivity index (χ3n) is 1.67. The molecule has 0 spiro atoms. The number of hydrogen-bond donors (Lipinski definition) is 1. The second kappa shape index (κ2) is 4.78. The zero-order chi connectivity index (χ0) is 8.81. The van der Waals surface area contributed by atoms with Crippen LogP contribution >= 0.6 is 0 Å². The fourth-order valence-electron chi connectivity index (χ4n) is 1.15. The summed E-state index contributed by atoms with van der Waals surface area (Å²) in [5.74, 6) is 0. The fraction of sp³-hybridized carbons (Fsp3) is 0.400. The first-order valence-electron chi connectivity index (χ1n) is 4.17. The van der Waals surface area contributed by atoms with Gasteiger partial charge >= 0.3 is 0 Å².